The van der Waals surface area contributed by atoms with Gasteiger partial charge in [0.05, 0.1) is 6.61 Å². The summed E-state index contributed by atoms with van der Waals surface area (Å²) in [5, 5.41) is 12.4. The summed E-state index contributed by atoms with van der Waals surface area (Å²) in [7, 11) is 0. The molecule has 2 aromatic carbocycles. The number of amides is 2. The molecule has 2 aliphatic rings. The number of aliphatic hydroxyl groups excluding tert-OH is 1. The van der Waals surface area contributed by atoms with Gasteiger partial charge in [-0.1, -0.05) is 35.9 Å². The number of anilines is 1. The Kier molecular flexibility index (Phi) is 4.59. The Hall–Kier alpha value is -2.86. The number of rotatable bonds is 4. The Morgan fingerprint density at radius 2 is 1.96 bits per heavy atom. The molecule has 0 aliphatic carbocycles. The second-order valence-corrected chi connectivity index (χ2v) is 7.67. The Morgan fingerprint density at radius 3 is 2.68 bits per heavy atom. The number of hydrogen-bond donors (Lipinski definition) is 2. The maximum Gasteiger partial charge on any atom is 0.238 e. The number of piperidine rings is 1. The number of likely N-dealkylation sites (tertiary alicyclic amines) is 1. The molecule has 2 heterocycles. The van der Waals surface area contributed by atoms with Gasteiger partial charge in [0.25, 0.3) is 0 Å². The SMILES string of the molecule is Cc1ccc(NC(=O)[C@@H]2C(=O)N(CCO)[C@]3(C)C[C@@H]2c2ccccc2O3)cc1. The van der Waals surface area contributed by atoms with E-state index in [1.807, 2.05) is 62.4 Å². The van der Waals surface area contributed by atoms with Crippen LogP contribution in [0.4, 0.5) is 5.69 Å². The summed E-state index contributed by atoms with van der Waals surface area (Å²) in [4.78, 5) is 28.0. The first kappa shape index (κ1) is 18.5. The molecule has 0 unspecified atom stereocenters. The number of benzene rings is 2. The average Bonchev–Trinajstić information content (AvgIpc) is 2.67. The minimum absolute atomic E-state index is 0.124. The molecule has 1 saturated heterocycles. The van der Waals surface area contributed by atoms with Crippen LogP contribution in [-0.4, -0.2) is 40.7 Å². The van der Waals surface area contributed by atoms with Gasteiger partial charge in [0, 0.05) is 24.6 Å². The van der Waals surface area contributed by atoms with Crippen molar-refractivity contribution < 1.29 is 19.4 Å². The van der Waals surface area contributed by atoms with Gasteiger partial charge in [-0.2, -0.15) is 0 Å². The summed E-state index contributed by atoms with van der Waals surface area (Å²) >= 11 is 0. The highest BCUT2D eigenvalue weighted by Gasteiger charge is 2.55. The van der Waals surface area contributed by atoms with Crippen molar-refractivity contribution >= 4 is 17.5 Å². The average molecular weight is 380 g/mol. The zero-order chi connectivity index (χ0) is 19.9. The van der Waals surface area contributed by atoms with Crippen LogP contribution in [0.2, 0.25) is 0 Å². The van der Waals surface area contributed by atoms with Crippen LogP contribution >= 0.6 is 0 Å². The predicted octanol–water partition coefficient (Wildman–Crippen LogP) is 2.67. The van der Waals surface area contributed by atoms with Gasteiger partial charge in [0.15, 0.2) is 5.72 Å². The Bertz CT molecular complexity index is 911. The number of ether oxygens (including phenoxy) is 1. The van der Waals surface area contributed by atoms with Crippen LogP contribution in [0.1, 0.15) is 30.4 Å². The lowest BCUT2D eigenvalue weighted by molar-refractivity contribution is -0.176. The highest BCUT2D eigenvalue weighted by molar-refractivity contribution is 6.08. The standard InChI is InChI=1S/C22H24N2O4/c1-14-7-9-15(10-8-14)23-20(26)19-17-13-22(2,24(11-12-25)21(19)27)28-18-6-4-3-5-16(17)18/h3-10,17,19,25H,11-13H2,1-2H3,(H,23,26)/t17-,19-,22+/m1/s1. The number of hydrogen-bond acceptors (Lipinski definition) is 4. The first-order chi connectivity index (χ1) is 13.4. The van der Waals surface area contributed by atoms with Crippen LogP contribution < -0.4 is 10.1 Å². The molecule has 3 atom stereocenters. The minimum atomic E-state index is -0.876. The van der Waals surface area contributed by atoms with E-state index in [0.29, 0.717) is 17.9 Å². The van der Waals surface area contributed by atoms with Gasteiger partial charge in [-0.15, -0.1) is 0 Å². The van der Waals surface area contributed by atoms with Crippen LogP contribution in [0.5, 0.6) is 5.75 Å². The van der Waals surface area contributed by atoms with Crippen LogP contribution in [0.25, 0.3) is 0 Å². The van der Waals surface area contributed by atoms with Crippen molar-refractivity contribution in [3.63, 3.8) is 0 Å². The van der Waals surface area contributed by atoms with Crippen LogP contribution in [0.3, 0.4) is 0 Å². The van der Waals surface area contributed by atoms with E-state index >= 15 is 0 Å². The molecule has 2 aromatic rings. The fourth-order valence-corrected chi connectivity index (χ4v) is 4.31. The largest absolute Gasteiger partial charge is 0.468 e. The van der Waals surface area contributed by atoms with Crippen molar-refractivity contribution in [2.45, 2.75) is 31.9 Å². The van der Waals surface area contributed by atoms with E-state index in [0.717, 1.165) is 11.1 Å². The van der Waals surface area contributed by atoms with Gasteiger partial charge in [0.1, 0.15) is 11.7 Å². The maximum atomic E-state index is 13.3. The van der Waals surface area contributed by atoms with E-state index in [4.69, 9.17) is 4.74 Å². The summed E-state index contributed by atoms with van der Waals surface area (Å²) in [6.45, 7) is 3.75. The molecule has 0 saturated carbocycles. The van der Waals surface area contributed by atoms with Gasteiger partial charge in [-0.25, -0.2) is 0 Å². The number of nitrogens with zero attached hydrogens (tertiary/aromatic N) is 1. The number of aryl methyl sites for hydroxylation is 1. The van der Waals surface area contributed by atoms with Crippen molar-refractivity contribution in [1.82, 2.24) is 4.90 Å². The van der Waals surface area contributed by atoms with Crippen molar-refractivity contribution in [2.75, 3.05) is 18.5 Å². The van der Waals surface area contributed by atoms with E-state index in [2.05, 4.69) is 5.32 Å². The molecule has 0 radical (unpaired) electrons. The Balaban J connectivity index is 1.72. The summed E-state index contributed by atoms with van der Waals surface area (Å²) in [6.07, 6.45) is 0.502. The third-order valence-corrected chi connectivity index (χ3v) is 5.68. The smallest absolute Gasteiger partial charge is 0.238 e. The molecule has 2 N–H and O–H groups in total. The molecule has 6 nitrogen and oxygen atoms in total. The number of para-hydroxylation sites is 1. The van der Waals surface area contributed by atoms with Crippen LogP contribution in [0.15, 0.2) is 48.5 Å². The monoisotopic (exact) mass is 380 g/mol. The zero-order valence-electron chi connectivity index (χ0n) is 16.0. The molecule has 2 aliphatic heterocycles. The van der Waals surface area contributed by atoms with Gasteiger partial charge >= 0.3 is 0 Å². The quantitative estimate of drug-likeness (QED) is 0.800. The van der Waals surface area contributed by atoms with Crippen molar-refractivity contribution in [3.8, 4) is 5.75 Å². The topological polar surface area (TPSA) is 78.9 Å². The van der Waals surface area contributed by atoms with Crippen molar-refractivity contribution in [1.29, 1.82) is 0 Å². The fourth-order valence-electron chi connectivity index (χ4n) is 4.31. The summed E-state index contributed by atoms with van der Waals surface area (Å²) in [6, 6.07) is 15.0. The Labute approximate surface area is 164 Å². The molecule has 1 fully saturated rings. The van der Waals surface area contributed by atoms with E-state index in [9.17, 15) is 14.7 Å². The molecule has 0 spiro atoms. The highest BCUT2D eigenvalue weighted by atomic mass is 16.5. The first-order valence-electron chi connectivity index (χ1n) is 9.51. The molecule has 2 bridgehead atoms. The zero-order valence-corrected chi connectivity index (χ0v) is 16.0. The van der Waals surface area contributed by atoms with Gasteiger partial charge in [0.2, 0.25) is 11.8 Å². The number of fused-ring (bicyclic) bond motifs is 4. The predicted molar refractivity (Wildman–Crippen MR) is 105 cm³/mol. The van der Waals surface area contributed by atoms with Gasteiger partial charge < -0.3 is 20.1 Å². The van der Waals surface area contributed by atoms with E-state index < -0.39 is 11.6 Å². The second kappa shape index (κ2) is 6.95. The number of β-amino-alcohol motifs (C(OH)–C–C–N with tert-alkyl or cyclic N) is 1. The van der Waals surface area contributed by atoms with Gasteiger partial charge in [-0.3, -0.25) is 9.59 Å². The number of carbonyl (C=O) groups excluding carboxylic acids is 2. The third kappa shape index (κ3) is 3.03. The molecular formula is C22H24N2O4. The minimum Gasteiger partial charge on any atom is -0.468 e. The van der Waals surface area contributed by atoms with Gasteiger partial charge in [-0.05, 0) is 37.6 Å². The molecule has 4 rings (SSSR count). The van der Waals surface area contributed by atoms with E-state index in [1.165, 1.54) is 4.90 Å². The molecule has 6 heteroatoms. The normalized spacial score (nSPS) is 25.7. The van der Waals surface area contributed by atoms with E-state index in [1.54, 1.807) is 0 Å². The molecule has 28 heavy (non-hydrogen) atoms. The third-order valence-electron chi connectivity index (χ3n) is 5.68. The number of nitrogens with one attached hydrogen (secondary N) is 1. The second-order valence-electron chi connectivity index (χ2n) is 7.67. The molecule has 2 amide bonds. The molecule has 146 valence electrons. The lowest BCUT2D eigenvalue weighted by atomic mass is 9.73. The van der Waals surface area contributed by atoms with Crippen molar-refractivity contribution in [2.24, 2.45) is 5.92 Å². The van der Waals surface area contributed by atoms with Crippen LogP contribution in [0, 0.1) is 12.8 Å². The number of carbonyl (C=O) groups is 2. The molecule has 0 aromatic heterocycles. The first-order valence-corrected chi connectivity index (χ1v) is 9.51. The van der Waals surface area contributed by atoms with Crippen molar-refractivity contribution in [3.05, 3.63) is 59.7 Å². The Morgan fingerprint density at radius 1 is 1.25 bits per heavy atom. The van der Waals surface area contributed by atoms with E-state index in [-0.39, 0.29) is 30.9 Å². The van der Waals surface area contributed by atoms with Crippen LogP contribution in [-0.2, 0) is 9.59 Å². The summed E-state index contributed by atoms with van der Waals surface area (Å²) < 4.78 is 6.15. The molecular weight excluding hydrogens is 356 g/mol. The summed E-state index contributed by atoms with van der Waals surface area (Å²) in [5.41, 5.74) is 1.75. The summed E-state index contributed by atoms with van der Waals surface area (Å²) in [5.74, 6) is -1.11. The number of aliphatic hydroxyl groups is 1. The lowest BCUT2D eigenvalue weighted by Gasteiger charge is -2.52. The highest BCUT2D eigenvalue weighted by Crippen LogP contribution is 2.50. The maximum absolute atomic E-state index is 13.3. The lowest BCUT2D eigenvalue weighted by Crippen LogP contribution is -2.64. The fraction of sp³-hybridized carbons (Fsp3) is 0.364.